The molecule has 0 fully saturated rings. The second-order valence-electron chi connectivity index (χ2n) is 26.1. The summed E-state index contributed by atoms with van der Waals surface area (Å²) in [5, 5.41) is 2.90. The summed E-state index contributed by atoms with van der Waals surface area (Å²) in [7, 11) is 0. The van der Waals surface area contributed by atoms with Crippen LogP contribution in [-0.4, -0.2) is 44.5 Å². The highest BCUT2D eigenvalue weighted by Gasteiger charge is 2.21. The Morgan fingerprint density at radius 1 is 0.333 bits per heavy atom. The molecule has 0 saturated carbocycles. The second-order valence-corrected chi connectivity index (χ2v) is 27.1. The molecule has 4 heterocycles. The molecule has 19 heteroatoms. The van der Waals surface area contributed by atoms with E-state index in [1.54, 1.807) is 12.1 Å². The Morgan fingerprint density at radius 2 is 0.722 bits per heavy atom. The number of H-pyrrole nitrogens is 3. The number of aryl methyl sites for hydroxylation is 4. The largest absolute Gasteiger partial charge is 0.417 e. The van der Waals surface area contributed by atoms with Gasteiger partial charge in [-0.25, -0.2) is 9.59 Å². The number of para-hydroxylation sites is 1. The first kappa shape index (κ1) is 72.6. The SMILES string of the molecule is NC(=O)CCc1cc(-c2ccccc2)ccc1-c1ccc2c(c1)NC(=O)C2.NC(=O)CCc1cc(-c2ccccc2)ccc1-c1ccc2oc(=O)[nH]c2c1.NC(=O)CCc1cc(-c2ccccc2)ccc1-c1ccc2sc(=O)[nH]c2c1.NC(=O)CCc1cc(-c2ccccc2)ccc1-c1cccc2[nH]c(=O)oc12. The summed E-state index contributed by atoms with van der Waals surface area (Å²) in [5.41, 5.74) is 47.3. The number of aromatic amines is 3. The molecule has 3 aromatic heterocycles. The van der Waals surface area contributed by atoms with Gasteiger partial charge < -0.3 is 42.1 Å². The maximum Gasteiger partial charge on any atom is 0.417 e. The third-order valence-electron chi connectivity index (χ3n) is 18.7. The van der Waals surface area contributed by atoms with Crippen molar-refractivity contribution in [2.24, 2.45) is 22.9 Å². The Labute approximate surface area is 623 Å². The first-order valence-corrected chi connectivity index (χ1v) is 35.9. The third-order valence-corrected chi connectivity index (χ3v) is 19.5. The molecule has 5 amide bonds. The van der Waals surface area contributed by atoms with Gasteiger partial charge in [0.15, 0.2) is 11.2 Å². The van der Waals surface area contributed by atoms with E-state index in [9.17, 15) is 38.4 Å². The number of hydrogen-bond donors (Lipinski definition) is 8. The molecule has 0 spiro atoms. The number of anilines is 1. The number of benzene rings is 12. The van der Waals surface area contributed by atoms with Crippen molar-refractivity contribution in [3.05, 3.63) is 326 Å². The summed E-state index contributed by atoms with van der Waals surface area (Å²) in [6, 6.07) is 88.3. The molecule has 108 heavy (non-hydrogen) atoms. The van der Waals surface area contributed by atoms with Crippen LogP contribution in [0.5, 0.6) is 0 Å². The Balaban J connectivity index is 0.000000127. The molecule has 1 aliphatic heterocycles. The lowest BCUT2D eigenvalue weighted by Crippen LogP contribution is -2.11. The van der Waals surface area contributed by atoms with Crippen molar-refractivity contribution in [2.45, 2.75) is 57.8 Å². The number of nitrogens with two attached hydrogens (primary N) is 4. The van der Waals surface area contributed by atoms with Crippen molar-refractivity contribution in [3.8, 4) is 89.0 Å². The number of aromatic nitrogens is 3. The number of carbonyl (C=O) groups excluding carboxylic acids is 5. The summed E-state index contributed by atoms with van der Waals surface area (Å²) < 4.78 is 11.4. The van der Waals surface area contributed by atoms with Gasteiger partial charge in [0, 0.05) is 36.9 Å². The Morgan fingerprint density at radius 3 is 1.19 bits per heavy atom. The standard InChI is InChI=1S/C23H20N2O2.2C22H18N2O3.C22H18N2O2S/c24-22(26)11-9-17-12-16(15-4-2-1-3-5-15)8-10-20(17)18-6-7-19-14-23(27)25-21(19)13-18;23-20(25)12-10-16-13-15(14-5-2-1-3-6-14)9-11-17(16)18-7-4-8-19-21(18)27-22(26)24-19;2*23-21(25)11-8-16-12-15(14-4-2-1-3-5-14)6-9-18(16)17-7-10-20-19(13-17)24-22(26)27-20/h1-8,10,12-13H,9,11,14H2,(H2,24,26)(H,25,27);1-9,11,13H,10,12H2,(H2,23,25)(H,24,26);2*1-7,9-10,12-13H,8,11H2,(H2,23,25)(H,24,26). The maximum absolute atomic E-state index is 11.6. The molecule has 0 radical (unpaired) electrons. The lowest BCUT2D eigenvalue weighted by Gasteiger charge is -2.13. The monoisotopic (exact) mass is 1450 g/mol. The molecule has 536 valence electrons. The third kappa shape index (κ3) is 17.9. The molecule has 0 aliphatic carbocycles. The Kier molecular flexibility index (Phi) is 22.4. The summed E-state index contributed by atoms with van der Waals surface area (Å²) in [5.74, 6) is -2.25. The average molecular weight is 1450 g/mol. The van der Waals surface area contributed by atoms with Crippen molar-refractivity contribution in [1.82, 2.24) is 15.0 Å². The minimum Gasteiger partial charge on any atom is -0.408 e. The summed E-state index contributed by atoms with van der Waals surface area (Å²) >= 11 is 1.20. The molecular formula is C89H74N8O10S. The first-order valence-electron chi connectivity index (χ1n) is 35.1. The van der Waals surface area contributed by atoms with Gasteiger partial charge in [0.05, 0.1) is 27.7 Å². The fourth-order valence-electron chi connectivity index (χ4n) is 13.4. The van der Waals surface area contributed by atoms with Crippen molar-refractivity contribution < 1.29 is 32.8 Å². The van der Waals surface area contributed by atoms with E-state index in [1.165, 1.54) is 11.3 Å². The first-order chi connectivity index (χ1) is 52.4. The molecule has 0 bridgehead atoms. The van der Waals surface area contributed by atoms with Crippen molar-refractivity contribution >= 4 is 79.0 Å². The van der Waals surface area contributed by atoms with Crippen LogP contribution in [0, 0.1) is 0 Å². The van der Waals surface area contributed by atoms with E-state index < -0.39 is 11.5 Å². The number of oxazole rings is 2. The fourth-order valence-corrected chi connectivity index (χ4v) is 14.1. The van der Waals surface area contributed by atoms with E-state index in [2.05, 4.69) is 111 Å². The lowest BCUT2D eigenvalue weighted by molar-refractivity contribution is -0.118. The van der Waals surface area contributed by atoms with E-state index in [-0.39, 0.29) is 47.3 Å². The van der Waals surface area contributed by atoms with Crippen LogP contribution in [0.1, 0.15) is 53.5 Å². The topological polar surface area (TPSA) is 326 Å². The molecule has 16 rings (SSSR count). The zero-order valence-electron chi connectivity index (χ0n) is 58.6. The van der Waals surface area contributed by atoms with E-state index in [1.807, 2.05) is 164 Å². The van der Waals surface area contributed by atoms with E-state index >= 15 is 0 Å². The normalized spacial score (nSPS) is 11.4. The van der Waals surface area contributed by atoms with Crippen LogP contribution in [0.15, 0.2) is 290 Å². The zero-order chi connectivity index (χ0) is 75.2. The van der Waals surface area contributed by atoms with Crippen LogP contribution in [-0.2, 0) is 56.1 Å². The van der Waals surface area contributed by atoms with Gasteiger partial charge in [0.2, 0.25) is 29.5 Å². The van der Waals surface area contributed by atoms with Crippen LogP contribution < -0.4 is 44.6 Å². The molecule has 0 unspecified atom stereocenters. The minimum atomic E-state index is -0.489. The maximum atomic E-state index is 11.6. The average Bonchev–Trinajstić information content (AvgIpc) is 1.52. The van der Waals surface area contributed by atoms with Crippen LogP contribution in [0.25, 0.3) is 121 Å². The predicted octanol–water partition coefficient (Wildman–Crippen LogP) is 16.0. The van der Waals surface area contributed by atoms with Gasteiger partial charge in [-0.15, -0.1) is 0 Å². The van der Waals surface area contributed by atoms with Gasteiger partial charge in [-0.1, -0.05) is 242 Å². The van der Waals surface area contributed by atoms with Gasteiger partial charge in [-0.05, 0) is 173 Å². The fraction of sp³-hybridized carbons (Fsp3) is 0.101. The predicted molar refractivity (Wildman–Crippen MR) is 428 cm³/mol. The molecule has 1 aliphatic rings. The van der Waals surface area contributed by atoms with Crippen molar-refractivity contribution in [1.29, 1.82) is 0 Å². The number of amides is 5. The number of rotatable bonds is 20. The van der Waals surface area contributed by atoms with Crippen LogP contribution in [0.2, 0.25) is 0 Å². The number of hydrogen-bond acceptors (Lipinski definition) is 11. The molecule has 0 saturated heterocycles. The van der Waals surface area contributed by atoms with Crippen LogP contribution in [0.3, 0.4) is 0 Å². The molecule has 0 atom stereocenters. The summed E-state index contributed by atoms with van der Waals surface area (Å²) in [4.78, 5) is 99.8. The quantitative estimate of drug-likeness (QED) is 0.0356. The Hall–Kier alpha value is -13.8. The highest BCUT2D eigenvalue weighted by molar-refractivity contribution is 7.16. The van der Waals surface area contributed by atoms with Gasteiger partial charge in [0.1, 0.15) is 0 Å². The zero-order valence-corrected chi connectivity index (χ0v) is 59.4. The van der Waals surface area contributed by atoms with Gasteiger partial charge in [0.25, 0.3) is 0 Å². The number of thiazole rings is 1. The lowest BCUT2D eigenvalue weighted by atomic mass is 9.92. The number of fused-ring (bicyclic) bond motifs is 4. The molecular weight excluding hydrogens is 1370 g/mol. The van der Waals surface area contributed by atoms with Gasteiger partial charge >= 0.3 is 16.4 Å². The Bertz CT molecular complexity index is 5830. The van der Waals surface area contributed by atoms with E-state index in [0.29, 0.717) is 67.1 Å². The molecule has 12 aromatic carbocycles. The smallest absolute Gasteiger partial charge is 0.408 e. The summed E-state index contributed by atoms with van der Waals surface area (Å²) in [6.07, 6.45) is 3.75. The second kappa shape index (κ2) is 33.3. The minimum absolute atomic E-state index is 0.0236. The number of carbonyl (C=O) groups is 5. The summed E-state index contributed by atoms with van der Waals surface area (Å²) in [6.45, 7) is 0. The van der Waals surface area contributed by atoms with E-state index in [4.69, 9.17) is 31.8 Å². The van der Waals surface area contributed by atoms with Gasteiger partial charge in [-0.3, -0.25) is 38.7 Å². The van der Waals surface area contributed by atoms with Crippen molar-refractivity contribution in [3.63, 3.8) is 0 Å². The molecule has 12 N–H and O–H groups in total. The van der Waals surface area contributed by atoms with Crippen LogP contribution in [0.4, 0.5) is 5.69 Å². The molecule has 18 nitrogen and oxygen atoms in total. The highest BCUT2D eigenvalue weighted by atomic mass is 32.1. The van der Waals surface area contributed by atoms with E-state index in [0.717, 1.165) is 133 Å². The number of primary amides is 4. The van der Waals surface area contributed by atoms with Gasteiger partial charge in [-0.2, -0.15) is 0 Å². The van der Waals surface area contributed by atoms with Crippen LogP contribution >= 0.6 is 11.3 Å². The van der Waals surface area contributed by atoms with Crippen molar-refractivity contribution in [2.75, 3.05) is 5.32 Å². The molecule has 15 aromatic rings. The highest BCUT2D eigenvalue weighted by Crippen LogP contribution is 2.38. The number of nitrogens with one attached hydrogen (secondary N) is 4.